The number of hydrogen-bond donors (Lipinski definition) is 1. The Kier molecular flexibility index (Phi) is 6.47. The van der Waals surface area contributed by atoms with E-state index in [9.17, 15) is 18.4 Å². The Morgan fingerprint density at radius 3 is 2.23 bits per heavy atom. The minimum absolute atomic E-state index is 0.00522. The van der Waals surface area contributed by atoms with Gasteiger partial charge in [0.15, 0.2) is 5.78 Å². The van der Waals surface area contributed by atoms with Crippen LogP contribution in [0, 0.1) is 11.6 Å². The fourth-order valence-corrected chi connectivity index (χ4v) is 2.14. The summed E-state index contributed by atoms with van der Waals surface area (Å²) < 4.78 is 31.5. The Bertz CT molecular complexity index is 538. The van der Waals surface area contributed by atoms with Gasteiger partial charge in [-0.15, -0.1) is 0 Å². The summed E-state index contributed by atoms with van der Waals surface area (Å²) >= 11 is 3.02. The van der Waals surface area contributed by atoms with Gasteiger partial charge >= 0.3 is 6.09 Å². The lowest BCUT2D eigenvalue weighted by Gasteiger charge is -2.23. The summed E-state index contributed by atoms with van der Waals surface area (Å²) in [4.78, 5) is 23.6. The van der Waals surface area contributed by atoms with E-state index in [-0.39, 0.29) is 23.1 Å². The molecule has 0 aliphatic heterocycles. The summed E-state index contributed by atoms with van der Waals surface area (Å²) in [5.74, 6) is -1.80. The lowest BCUT2D eigenvalue weighted by molar-refractivity contribution is -0.118. The summed E-state index contributed by atoms with van der Waals surface area (Å²) in [7, 11) is 0. The lowest BCUT2D eigenvalue weighted by atomic mass is 10.0. The first kappa shape index (κ1) is 18.5. The van der Waals surface area contributed by atoms with Gasteiger partial charge in [-0.1, -0.05) is 15.9 Å². The van der Waals surface area contributed by atoms with Crippen molar-refractivity contribution < 1.29 is 23.1 Å². The molecule has 1 amide bonds. The number of carbonyl (C=O) groups excluding carboxylic acids is 2. The van der Waals surface area contributed by atoms with Crippen molar-refractivity contribution in [3.8, 4) is 0 Å². The zero-order valence-electron chi connectivity index (χ0n) is 12.6. The maximum atomic E-state index is 13.2. The minimum Gasteiger partial charge on any atom is -0.444 e. The molecular weight excluding hydrogens is 360 g/mol. The van der Waals surface area contributed by atoms with Gasteiger partial charge in [-0.05, 0) is 38.5 Å². The molecule has 4 nitrogen and oxygen atoms in total. The second kappa shape index (κ2) is 7.67. The van der Waals surface area contributed by atoms with Gasteiger partial charge < -0.3 is 10.1 Å². The van der Waals surface area contributed by atoms with E-state index >= 15 is 0 Å². The molecule has 0 heterocycles. The van der Waals surface area contributed by atoms with Crippen LogP contribution in [0.25, 0.3) is 0 Å². The summed E-state index contributed by atoms with van der Waals surface area (Å²) in [6, 6.07) is 2.05. The maximum absolute atomic E-state index is 13.2. The fourth-order valence-electron chi connectivity index (χ4n) is 1.75. The van der Waals surface area contributed by atoms with Gasteiger partial charge in [-0.3, -0.25) is 4.79 Å². The highest BCUT2D eigenvalue weighted by molar-refractivity contribution is 9.09. The first-order valence-electron chi connectivity index (χ1n) is 6.64. The highest BCUT2D eigenvalue weighted by Gasteiger charge is 2.24. The summed E-state index contributed by atoms with van der Waals surface area (Å²) in [5.41, 5.74) is -0.440. The van der Waals surface area contributed by atoms with E-state index in [0.717, 1.165) is 18.2 Å². The van der Waals surface area contributed by atoms with E-state index in [4.69, 9.17) is 4.74 Å². The van der Waals surface area contributed by atoms with Gasteiger partial charge in [-0.2, -0.15) is 0 Å². The molecule has 0 aromatic heterocycles. The smallest absolute Gasteiger partial charge is 0.408 e. The number of ketones is 1. The van der Waals surface area contributed by atoms with E-state index in [1.807, 2.05) is 0 Å². The molecule has 0 bridgehead atoms. The van der Waals surface area contributed by atoms with E-state index in [1.165, 1.54) is 0 Å². The number of rotatable bonds is 5. The lowest BCUT2D eigenvalue weighted by Crippen LogP contribution is -2.45. The molecule has 0 radical (unpaired) electrons. The third-order valence-electron chi connectivity index (χ3n) is 2.57. The SMILES string of the molecule is CC(C)(C)OC(=O)N[C@@H](Cc1cc(F)cc(F)c1)C(=O)CBr. The van der Waals surface area contributed by atoms with Gasteiger partial charge in [0.2, 0.25) is 0 Å². The van der Waals surface area contributed by atoms with Crippen LogP contribution in [0.2, 0.25) is 0 Å². The van der Waals surface area contributed by atoms with Crippen LogP contribution in [-0.4, -0.2) is 28.8 Å². The summed E-state index contributed by atoms with van der Waals surface area (Å²) in [6.45, 7) is 5.07. The van der Waals surface area contributed by atoms with Crippen LogP contribution in [0.4, 0.5) is 13.6 Å². The molecule has 0 spiro atoms. The molecule has 1 aromatic rings. The molecule has 0 saturated carbocycles. The number of ether oxygens (including phenoxy) is 1. The van der Waals surface area contributed by atoms with Crippen LogP contribution in [-0.2, 0) is 16.0 Å². The van der Waals surface area contributed by atoms with Crippen molar-refractivity contribution in [3.05, 3.63) is 35.4 Å². The monoisotopic (exact) mass is 377 g/mol. The molecule has 1 aromatic carbocycles. The minimum atomic E-state index is -0.935. The molecule has 122 valence electrons. The second-order valence-corrected chi connectivity index (χ2v) is 6.34. The number of alkyl carbamates (subject to hydrolysis) is 1. The van der Waals surface area contributed by atoms with Gasteiger partial charge in [0.1, 0.15) is 17.2 Å². The largest absolute Gasteiger partial charge is 0.444 e. The fraction of sp³-hybridized carbons (Fsp3) is 0.467. The Balaban J connectivity index is 2.85. The van der Waals surface area contributed by atoms with E-state index in [0.29, 0.717) is 0 Å². The second-order valence-electron chi connectivity index (χ2n) is 5.78. The van der Waals surface area contributed by atoms with Crippen molar-refractivity contribution in [2.45, 2.75) is 38.8 Å². The Morgan fingerprint density at radius 2 is 1.77 bits per heavy atom. The molecule has 0 aliphatic carbocycles. The molecule has 0 aliphatic rings. The highest BCUT2D eigenvalue weighted by atomic mass is 79.9. The van der Waals surface area contributed by atoms with Crippen LogP contribution in [0.3, 0.4) is 0 Å². The quantitative estimate of drug-likeness (QED) is 0.800. The number of Topliss-reactive ketones (excluding diaryl/α,β-unsaturated/α-hetero) is 1. The molecule has 1 atom stereocenters. The van der Waals surface area contributed by atoms with Crippen LogP contribution in [0.5, 0.6) is 0 Å². The number of halogens is 3. The molecule has 0 saturated heterocycles. The molecule has 0 fully saturated rings. The van der Waals surface area contributed by atoms with Crippen molar-refractivity contribution in [1.29, 1.82) is 0 Å². The average Bonchev–Trinajstić information content (AvgIpc) is 2.33. The molecule has 22 heavy (non-hydrogen) atoms. The summed E-state index contributed by atoms with van der Waals surface area (Å²) in [6.07, 6.45) is -0.790. The standard InChI is InChI=1S/C15H18BrF2NO3/c1-15(2,3)22-14(21)19-12(13(20)8-16)6-9-4-10(17)7-11(18)5-9/h4-5,7,12H,6,8H2,1-3H3,(H,19,21)/t12-/m0/s1. The topological polar surface area (TPSA) is 55.4 Å². The zero-order chi connectivity index (χ0) is 16.9. The number of carbonyl (C=O) groups is 2. The molecular formula is C15H18BrF2NO3. The third-order valence-corrected chi connectivity index (χ3v) is 3.13. The van der Waals surface area contributed by atoms with Gasteiger partial charge in [-0.25, -0.2) is 13.6 Å². The van der Waals surface area contributed by atoms with Gasteiger partial charge in [0.25, 0.3) is 0 Å². The van der Waals surface area contributed by atoms with Crippen LogP contribution in [0.1, 0.15) is 26.3 Å². The molecule has 7 heteroatoms. The Labute approximate surface area is 136 Å². The molecule has 1 rings (SSSR count). The number of hydrogen-bond acceptors (Lipinski definition) is 3. The third kappa shape index (κ3) is 6.51. The highest BCUT2D eigenvalue weighted by Crippen LogP contribution is 2.12. The predicted octanol–water partition coefficient (Wildman–Crippen LogP) is 3.36. The number of benzene rings is 1. The number of alkyl halides is 1. The van der Waals surface area contributed by atoms with Crippen molar-refractivity contribution in [2.75, 3.05) is 5.33 Å². The summed E-state index contributed by atoms with van der Waals surface area (Å²) in [5, 5.41) is 2.43. The van der Waals surface area contributed by atoms with Crippen LogP contribution < -0.4 is 5.32 Å². The van der Waals surface area contributed by atoms with E-state index < -0.39 is 29.4 Å². The Morgan fingerprint density at radius 1 is 1.23 bits per heavy atom. The van der Waals surface area contributed by atoms with Gasteiger partial charge in [0, 0.05) is 12.5 Å². The maximum Gasteiger partial charge on any atom is 0.408 e. The van der Waals surface area contributed by atoms with Crippen LogP contribution in [0.15, 0.2) is 18.2 Å². The normalized spacial score (nSPS) is 12.6. The van der Waals surface area contributed by atoms with Gasteiger partial charge in [0.05, 0.1) is 11.4 Å². The average molecular weight is 378 g/mol. The van der Waals surface area contributed by atoms with E-state index in [2.05, 4.69) is 21.2 Å². The number of nitrogens with one attached hydrogen (secondary N) is 1. The van der Waals surface area contributed by atoms with Crippen LogP contribution >= 0.6 is 15.9 Å². The molecule has 1 N–H and O–H groups in total. The number of amides is 1. The van der Waals surface area contributed by atoms with Crippen molar-refractivity contribution in [1.82, 2.24) is 5.32 Å². The van der Waals surface area contributed by atoms with Crippen molar-refractivity contribution in [3.63, 3.8) is 0 Å². The predicted molar refractivity (Wildman–Crippen MR) is 82.0 cm³/mol. The molecule has 0 unspecified atom stereocenters. The van der Waals surface area contributed by atoms with Crippen molar-refractivity contribution >= 4 is 27.8 Å². The van der Waals surface area contributed by atoms with Crippen molar-refractivity contribution in [2.24, 2.45) is 0 Å². The first-order chi connectivity index (χ1) is 10.1. The first-order valence-corrected chi connectivity index (χ1v) is 7.76. The van der Waals surface area contributed by atoms with E-state index in [1.54, 1.807) is 20.8 Å². The zero-order valence-corrected chi connectivity index (χ0v) is 14.2. The Hall–Kier alpha value is -1.50.